The van der Waals surface area contributed by atoms with Crippen LogP contribution in [0.3, 0.4) is 0 Å². The van der Waals surface area contributed by atoms with Gasteiger partial charge < -0.3 is 14.5 Å². The Morgan fingerprint density at radius 1 is 0.941 bits per heavy atom. The van der Waals surface area contributed by atoms with Crippen LogP contribution in [0.15, 0.2) is 62.9 Å². The first kappa shape index (κ1) is 24.4. The molecular formula is C22H26N4O5S3. The Morgan fingerprint density at radius 2 is 1.59 bits per heavy atom. The van der Waals surface area contributed by atoms with Gasteiger partial charge in [0.25, 0.3) is 0 Å². The van der Waals surface area contributed by atoms with Crippen molar-refractivity contribution in [1.29, 1.82) is 0 Å². The Bertz CT molecular complexity index is 1360. The number of sulfone groups is 2. The molecule has 1 fully saturated rings. The number of nitrogens with zero attached hydrogens (tertiary/aromatic N) is 4. The summed E-state index contributed by atoms with van der Waals surface area (Å²) in [5.41, 5.74) is 0.733. The topological polar surface area (TPSA) is 110 Å². The number of benzene rings is 1. The minimum Gasteiger partial charge on any atom is -0.489 e. The lowest BCUT2D eigenvalue weighted by Crippen LogP contribution is -2.46. The lowest BCUT2D eigenvalue weighted by atomic mass is 10.2. The summed E-state index contributed by atoms with van der Waals surface area (Å²) >= 11 is 1.14. The van der Waals surface area contributed by atoms with Crippen molar-refractivity contribution in [3.63, 3.8) is 0 Å². The zero-order valence-electron chi connectivity index (χ0n) is 19.1. The Kier molecular flexibility index (Phi) is 6.83. The number of ether oxygens (including phenoxy) is 1. The van der Waals surface area contributed by atoms with Crippen LogP contribution < -0.4 is 14.5 Å². The largest absolute Gasteiger partial charge is 0.489 e. The van der Waals surface area contributed by atoms with E-state index in [0.717, 1.165) is 17.0 Å². The van der Waals surface area contributed by atoms with E-state index in [-0.39, 0.29) is 20.1 Å². The van der Waals surface area contributed by atoms with Crippen LogP contribution in [0.1, 0.15) is 13.8 Å². The molecule has 34 heavy (non-hydrogen) atoms. The van der Waals surface area contributed by atoms with Gasteiger partial charge in [0.1, 0.15) is 9.96 Å². The molecular weight excluding hydrogens is 496 g/mol. The molecule has 0 atom stereocenters. The summed E-state index contributed by atoms with van der Waals surface area (Å²) in [6, 6.07) is 7.86. The fourth-order valence-corrected chi connectivity index (χ4v) is 6.82. The van der Waals surface area contributed by atoms with E-state index in [4.69, 9.17) is 4.74 Å². The molecule has 0 aliphatic carbocycles. The predicted octanol–water partition coefficient (Wildman–Crippen LogP) is 2.89. The van der Waals surface area contributed by atoms with Gasteiger partial charge in [-0.05, 0) is 44.2 Å². The smallest absolute Gasteiger partial charge is 0.217 e. The van der Waals surface area contributed by atoms with Crippen molar-refractivity contribution in [2.45, 2.75) is 34.0 Å². The molecule has 1 aliphatic heterocycles. The quantitative estimate of drug-likeness (QED) is 0.462. The van der Waals surface area contributed by atoms with Gasteiger partial charge in [-0.2, -0.15) is 0 Å². The molecule has 2 aromatic heterocycles. The van der Waals surface area contributed by atoms with Crippen molar-refractivity contribution in [3.05, 3.63) is 48.9 Å². The third-order valence-electron chi connectivity index (χ3n) is 5.31. The van der Waals surface area contributed by atoms with E-state index in [1.54, 1.807) is 18.2 Å². The third-order valence-corrected chi connectivity index (χ3v) is 9.71. The molecule has 1 aromatic carbocycles. The monoisotopic (exact) mass is 522 g/mol. The first-order chi connectivity index (χ1) is 16.1. The van der Waals surface area contributed by atoms with Crippen molar-refractivity contribution in [2.75, 3.05) is 42.2 Å². The molecule has 0 saturated carbocycles. The van der Waals surface area contributed by atoms with Gasteiger partial charge in [0.05, 0.1) is 27.8 Å². The molecule has 0 radical (unpaired) electrons. The van der Waals surface area contributed by atoms with Gasteiger partial charge in [-0.25, -0.2) is 21.8 Å². The molecule has 0 spiro atoms. The molecule has 12 heteroatoms. The minimum atomic E-state index is -3.64. The maximum Gasteiger partial charge on any atom is 0.217 e. The number of anilines is 2. The summed E-state index contributed by atoms with van der Waals surface area (Å²) in [7, 11) is -7.00. The average Bonchev–Trinajstić information content (AvgIpc) is 3.30. The van der Waals surface area contributed by atoms with Crippen molar-refractivity contribution in [3.8, 4) is 5.75 Å². The number of hydrogen-bond acceptors (Lipinski definition) is 10. The zero-order valence-corrected chi connectivity index (χ0v) is 21.5. The van der Waals surface area contributed by atoms with Crippen LogP contribution in [0.5, 0.6) is 5.75 Å². The maximum absolute atomic E-state index is 12.9. The van der Waals surface area contributed by atoms with E-state index >= 15 is 0 Å². The van der Waals surface area contributed by atoms with Crippen LogP contribution >= 0.6 is 11.3 Å². The highest BCUT2D eigenvalue weighted by molar-refractivity contribution is 7.93. The second kappa shape index (κ2) is 9.51. The SMILES string of the molecule is CC(C)Oc1ccc(S(C)(=O)=O)cc1N1CCN(c2ncc(S(=O)(=O)c3ccncc3)s2)CC1. The van der Waals surface area contributed by atoms with Gasteiger partial charge in [0, 0.05) is 44.8 Å². The summed E-state index contributed by atoms with van der Waals surface area (Å²) in [5.74, 6) is 0.635. The first-order valence-corrected chi connectivity index (χ1v) is 14.9. The van der Waals surface area contributed by atoms with Crippen molar-refractivity contribution >= 4 is 41.8 Å². The number of thiazole rings is 1. The highest BCUT2D eigenvalue weighted by Gasteiger charge is 2.26. The fourth-order valence-electron chi connectivity index (χ4n) is 3.62. The Balaban J connectivity index is 1.52. The highest BCUT2D eigenvalue weighted by Crippen LogP contribution is 2.35. The van der Waals surface area contributed by atoms with Crippen LogP contribution in [-0.4, -0.2) is 65.3 Å². The van der Waals surface area contributed by atoms with Gasteiger partial charge in [-0.3, -0.25) is 4.98 Å². The summed E-state index contributed by atoms with van der Waals surface area (Å²) < 4.78 is 56.0. The number of piperazine rings is 1. The maximum atomic E-state index is 12.9. The zero-order chi connectivity index (χ0) is 24.5. The van der Waals surface area contributed by atoms with E-state index in [1.807, 2.05) is 18.7 Å². The van der Waals surface area contributed by atoms with Gasteiger partial charge >= 0.3 is 0 Å². The van der Waals surface area contributed by atoms with Crippen LogP contribution in [0.2, 0.25) is 0 Å². The van der Waals surface area contributed by atoms with Gasteiger partial charge in [0.2, 0.25) is 9.84 Å². The van der Waals surface area contributed by atoms with Crippen LogP contribution in [0.4, 0.5) is 10.8 Å². The number of hydrogen-bond donors (Lipinski definition) is 0. The molecule has 3 heterocycles. The summed E-state index contributed by atoms with van der Waals surface area (Å²) in [5, 5.41) is 0.635. The molecule has 182 valence electrons. The molecule has 0 bridgehead atoms. The lowest BCUT2D eigenvalue weighted by Gasteiger charge is -2.37. The molecule has 9 nitrogen and oxygen atoms in total. The minimum absolute atomic E-state index is 0.0554. The average molecular weight is 523 g/mol. The van der Waals surface area contributed by atoms with Crippen molar-refractivity contribution in [1.82, 2.24) is 9.97 Å². The lowest BCUT2D eigenvalue weighted by molar-refractivity contribution is 0.242. The van der Waals surface area contributed by atoms with E-state index in [9.17, 15) is 16.8 Å². The Labute approximate surface area is 203 Å². The Hall–Kier alpha value is -2.70. The third kappa shape index (κ3) is 5.18. The molecule has 4 rings (SSSR count). The summed E-state index contributed by atoms with van der Waals surface area (Å²) in [6.45, 7) is 6.26. The second-order valence-corrected chi connectivity index (χ2v) is 13.4. The number of aromatic nitrogens is 2. The molecule has 3 aromatic rings. The molecule has 1 aliphatic rings. The van der Waals surface area contributed by atoms with Crippen molar-refractivity contribution in [2.24, 2.45) is 0 Å². The van der Waals surface area contributed by atoms with E-state index in [1.165, 1.54) is 37.0 Å². The van der Waals surface area contributed by atoms with Gasteiger partial charge in [0.15, 0.2) is 15.0 Å². The molecule has 0 amide bonds. The second-order valence-electron chi connectivity index (χ2n) is 8.19. The van der Waals surface area contributed by atoms with Crippen LogP contribution in [-0.2, 0) is 19.7 Å². The summed E-state index contributed by atoms with van der Waals surface area (Å²) in [4.78, 5) is 12.8. The molecule has 0 unspecified atom stereocenters. The predicted molar refractivity (Wildman–Crippen MR) is 132 cm³/mol. The Morgan fingerprint density at radius 3 is 2.21 bits per heavy atom. The fraction of sp³-hybridized carbons (Fsp3) is 0.364. The normalized spacial score (nSPS) is 15.1. The van der Waals surface area contributed by atoms with E-state index in [2.05, 4.69) is 14.9 Å². The van der Waals surface area contributed by atoms with Gasteiger partial charge in [-0.1, -0.05) is 11.3 Å². The van der Waals surface area contributed by atoms with E-state index < -0.39 is 19.7 Å². The van der Waals surface area contributed by atoms with Crippen LogP contribution in [0.25, 0.3) is 0 Å². The standard InChI is InChI=1S/C22H26N4O5S3/c1-16(2)31-20-5-4-18(33(3,27)28)14-19(20)25-10-12-26(13-11-25)22-24-15-21(32-22)34(29,30)17-6-8-23-9-7-17/h4-9,14-16H,10-13H2,1-3H3. The number of pyridine rings is 1. The summed E-state index contributed by atoms with van der Waals surface area (Å²) in [6.07, 6.45) is 5.42. The van der Waals surface area contributed by atoms with Crippen molar-refractivity contribution < 1.29 is 21.6 Å². The van der Waals surface area contributed by atoms with Crippen LogP contribution in [0, 0.1) is 0 Å². The van der Waals surface area contributed by atoms with Gasteiger partial charge in [-0.15, -0.1) is 0 Å². The van der Waals surface area contributed by atoms with E-state index in [0.29, 0.717) is 37.1 Å². The highest BCUT2D eigenvalue weighted by atomic mass is 32.2. The molecule has 0 N–H and O–H groups in total. The molecule has 1 saturated heterocycles. The first-order valence-electron chi connectivity index (χ1n) is 10.7. The number of rotatable bonds is 7.